The Kier molecular flexibility index (Phi) is 2.90. The molecule has 0 saturated heterocycles. The molecule has 0 aliphatic carbocycles. The van der Waals surface area contributed by atoms with E-state index in [0.29, 0.717) is 0 Å². The van der Waals surface area contributed by atoms with Gasteiger partial charge in [0.15, 0.2) is 0 Å². The standard InChI is InChI=1S/C12H16N2O/c1-2-6-14-12(15)10-3-4-11-9(8-10)5-7-13-11/h3-4,8,13H,2,5-7H2,1H3,(H,14,15). The van der Waals surface area contributed by atoms with Crippen molar-refractivity contribution < 1.29 is 4.79 Å². The van der Waals surface area contributed by atoms with E-state index in [1.807, 2.05) is 25.1 Å². The van der Waals surface area contributed by atoms with Crippen LogP contribution in [0.5, 0.6) is 0 Å². The summed E-state index contributed by atoms with van der Waals surface area (Å²) in [7, 11) is 0. The van der Waals surface area contributed by atoms with E-state index < -0.39 is 0 Å². The summed E-state index contributed by atoms with van der Waals surface area (Å²) in [5, 5.41) is 6.16. The third-order valence-electron chi connectivity index (χ3n) is 2.61. The average Bonchev–Trinajstić information content (AvgIpc) is 2.72. The van der Waals surface area contributed by atoms with Crippen molar-refractivity contribution in [2.24, 2.45) is 0 Å². The van der Waals surface area contributed by atoms with Gasteiger partial charge < -0.3 is 10.6 Å². The SMILES string of the molecule is CCCNC(=O)c1ccc2c(c1)CCN2. The first kappa shape index (κ1) is 10.0. The summed E-state index contributed by atoms with van der Waals surface area (Å²) in [5.74, 6) is 0.0338. The molecule has 3 heteroatoms. The van der Waals surface area contributed by atoms with E-state index in [4.69, 9.17) is 0 Å². The number of anilines is 1. The van der Waals surface area contributed by atoms with Crippen LogP contribution in [0.15, 0.2) is 18.2 Å². The second-order valence-corrected chi connectivity index (χ2v) is 3.80. The minimum absolute atomic E-state index is 0.0338. The first-order chi connectivity index (χ1) is 7.31. The van der Waals surface area contributed by atoms with Gasteiger partial charge in [-0.15, -0.1) is 0 Å². The molecule has 0 radical (unpaired) electrons. The number of carbonyl (C=O) groups is 1. The van der Waals surface area contributed by atoms with Crippen molar-refractivity contribution >= 4 is 11.6 Å². The highest BCUT2D eigenvalue weighted by Crippen LogP contribution is 2.22. The molecule has 1 heterocycles. The zero-order chi connectivity index (χ0) is 10.7. The quantitative estimate of drug-likeness (QED) is 0.788. The Morgan fingerprint density at radius 1 is 1.53 bits per heavy atom. The summed E-state index contributed by atoms with van der Waals surface area (Å²) in [6, 6.07) is 5.85. The fraction of sp³-hybridized carbons (Fsp3) is 0.417. The highest BCUT2D eigenvalue weighted by molar-refractivity contribution is 5.95. The normalized spacial score (nSPS) is 13.1. The van der Waals surface area contributed by atoms with Crippen molar-refractivity contribution in [2.45, 2.75) is 19.8 Å². The lowest BCUT2D eigenvalue weighted by Gasteiger charge is -2.05. The second kappa shape index (κ2) is 4.34. The van der Waals surface area contributed by atoms with E-state index in [0.717, 1.165) is 31.5 Å². The number of rotatable bonds is 3. The molecule has 0 aromatic heterocycles. The number of nitrogens with one attached hydrogen (secondary N) is 2. The van der Waals surface area contributed by atoms with Gasteiger partial charge in [0.1, 0.15) is 0 Å². The van der Waals surface area contributed by atoms with E-state index >= 15 is 0 Å². The van der Waals surface area contributed by atoms with Crippen molar-refractivity contribution in [3.05, 3.63) is 29.3 Å². The molecule has 0 spiro atoms. The molecular formula is C12H16N2O. The fourth-order valence-electron chi connectivity index (χ4n) is 1.79. The largest absolute Gasteiger partial charge is 0.384 e. The van der Waals surface area contributed by atoms with Crippen LogP contribution in [0.25, 0.3) is 0 Å². The third kappa shape index (κ3) is 2.12. The summed E-state index contributed by atoms with van der Waals surface area (Å²) in [6.07, 6.45) is 1.99. The van der Waals surface area contributed by atoms with Gasteiger partial charge in [-0.1, -0.05) is 6.92 Å². The number of hydrogen-bond donors (Lipinski definition) is 2. The summed E-state index contributed by atoms with van der Waals surface area (Å²) in [4.78, 5) is 11.7. The number of fused-ring (bicyclic) bond motifs is 1. The maximum absolute atomic E-state index is 11.7. The number of carbonyl (C=O) groups excluding carboxylic acids is 1. The van der Waals surface area contributed by atoms with Crippen LogP contribution in [0.2, 0.25) is 0 Å². The average molecular weight is 204 g/mol. The highest BCUT2D eigenvalue weighted by Gasteiger charge is 2.12. The maximum atomic E-state index is 11.7. The van der Waals surface area contributed by atoms with Gasteiger partial charge in [0.05, 0.1) is 0 Å². The van der Waals surface area contributed by atoms with Gasteiger partial charge in [-0.05, 0) is 36.6 Å². The highest BCUT2D eigenvalue weighted by atomic mass is 16.1. The van der Waals surface area contributed by atoms with E-state index in [1.54, 1.807) is 0 Å². The molecule has 1 aromatic carbocycles. The van der Waals surface area contributed by atoms with Crippen molar-refractivity contribution in [3.63, 3.8) is 0 Å². The van der Waals surface area contributed by atoms with Crippen LogP contribution in [-0.4, -0.2) is 19.0 Å². The molecular weight excluding hydrogens is 188 g/mol. The molecule has 1 aromatic rings. The lowest BCUT2D eigenvalue weighted by Crippen LogP contribution is -2.23. The molecule has 0 atom stereocenters. The Hall–Kier alpha value is -1.51. The third-order valence-corrected chi connectivity index (χ3v) is 2.61. The van der Waals surface area contributed by atoms with Gasteiger partial charge in [-0.3, -0.25) is 4.79 Å². The zero-order valence-electron chi connectivity index (χ0n) is 8.97. The molecule has 2 rings (SSSR count). The summed E-state index contributed by atoms with van der Waals surface area (Å²) >= 11 is 0. The first-order valence-electron chi connectivity index (χ1n) is 5.46. The van der Waals surface area contributed by atoms with Crippen LogP contribution in [-0.2, 0) is 6.42 Å². The van der Waals surface area contributed by atoms with Crippen LogP contribution < -0.4 is 10.6 Å². The molecule has 3 nitrogen and oxygen atoms in total. The molecule has 2 N–H and O–H groups in total. The van der Waals surface area contributed by atoms with Crippen LogP contribution in [0.4, 0.5) is 5.69 Å². The Labute approximate surface area is 89.9 Å². The van der Waals surface area contributed by atoms with E-state index in [1.165, 1.54) is 11.3 Å². The maximum Gasteiger partial charge on any atom is 0.251 e. The predicted octanol–water partition coefficient (Wildman–Crippen LogP) is 1.79. The van der Waals surface area contributed by atoms with Gasteiger partial charge in [0, 0.05) is 24.3 Å². The minimum atomic E-state index is 0.0338. The summed E-state index contributed by atoms with van der Waals surface area (Å²) in [6.45, 7) is 3.77. The topological polar surface area (TPSA) is 41.1 Å². The van der Waals surface area contributed by atoms with Gasteiger partial charge in [-0.2, -0.15) is 0 Å². The lowest BCUT2D eigenvalue weighted by atomic mass is 10.1. The van der Waals surface area contributed by atoms with Crippen molar-refractivity contribution in [2.75, 3.05) is 18.4 Å². The molecule has 80 valence electrons. The summed E-state index contributed by atoms with van der Waals surface area (Å²) < 4.78 is 0. The Morgan fingerprint density at radius 3 is 3.20 bits per heavy atom. The number of amides is 1. The predicted molar refractivity (Wildman–Crippen MR) is 61.3 cm³/mol. The minimum Gasteiger partial charge on any atom is -0.384 e. The molecule has 1 amide bonds. The van der Waals surface area contributed by atoms with Crippen LogP contribution in [0.3, 0.4) is 0 Å². The molecule has 0 saturated carbocycles. The van der Waals surface area contributed by atoms with Gasteiger partial charge in [-0.25, -0.2) is 0 Å². The first-order valence-corrected chi connectivity index (χ1v) is 5.46. The zero-order valence-corrected chi connectivity index (χ0v) is 8.97. The number of benzene rings is 1. The van der Waals surface area contributed by atoms with E-state index in [2.05, 4.69) is 10.6 Å². The van der Waals surface area contributed by atoms with Crippen molar-refractivity contribution in [3.8, 4) is 0 Å². The molecule has 0 bridgehead atoms. The van der Waals surface area contributed by atoms with Crippen molar-refractivity contribution in [1.29, 1.82) is 0 Å². The smallest absolute Gasteiger partial charge is 0.251 e. The molecule has 15 heavy (non-hydrogen) atoms. The van der Waals surface area contributed by atoms with E-state index in [-0.39, 0.29) is 5.91 Å². The summed E-state index contributed by atoms with van der Waals surface area (Å²) in [5.41, 5.74) is 3.19. The van der Waals surface area contributed by atoms with Crippen LogP contribution in [0, 0.1) is 0 Å². The monoisotopic (exact) mass is 204 g/mol. The lowest BCUT2D eigenvalue weighted by molar-refractivity contribution is 0.0953. The van der Waals surface area contributed by atoms with Gasteiger partial charge >= 0.3 is 0 Å². The number of hydrogen-bond acceptors (Lipinski definition) is 2. The van der Waals surface area contributed by atoms with Gasteiger partial charge in [0.2, 0.25) is 0 Å². The fourth-order valence-corrected chi connectivity index (χ4v) is 1.79. The Balaban J connectivity index is 2.12. The second-order valence-electron chi connectivity index (χ2n) is 3.80. The molecule has 1 aliphatic heterocycles. The van der Waals surface area contributed by atoms with Gasteiger partial charge in [0.25, 0.3) is 5.91 Å². The molecule has 1 aliphatic rings. The Morgan fingerprint density at radius 2 is 2.40 bits per heavy atom. The molecule has 0 unspecified atom stereocenters. The van der Waals surface area contributed by atoms with Crippen LogP contribution in [0.1, 0.15) is 29.3 Å². The van der Waals surface area contributed by atoms with Crippen molar-refractivity contribution in [1.82, 2.24) is 5.32 Å². The Bertz CT molecular complexity index is 374. The van der Waals surface area contributed by atoms with Crippen LogP contribution >= 0.6 is 0 Å². The molecule has 0 fully saturated rings. The van der Waals surface area contributed by atoms with E-state index in [9.17, 15) is 4.79 Å².